The largest absolute Gasteiger partial charge is 0.414 e. The van der Waals surface area contributed by atoms with Crippen molar-refractivity contribution < 1.29 is 23.4 Å². The molecule has 5 atom stereocenters. The van der Waals surface area contributed by atoms with Crippen LogP contribution in [0.3, 0.4) is 0 Å². The predicted molar refractivity (Wildman–Crippen MR) is 85.1 cm³/mol. The van der Waals surface area contributed by atoms with Crippen molar-refractivity contribution in [3.05, 3.63) is 0 Å². The fourth-order valence-electron chi connectivity index (χ4n) is 2.44. The first-order valence-corrected chi connectivity index (χ1v) is 10.7. The number of fused-ring (bicyclic) bond motifs is 1. The molecule has 2 aliphatic heterocycles. The minimum absolute atomic E-state index is 0.0204. The average molecular weight is 331 g/mol. The number of amides is 1. The van der Waals surface area contributed by atoms with E-state index < -0.39 is 14.6 Å². The summed E-state index contributed by atoms with van der Waals surface area (Å²) in [6.45, 7) is 13.1. The topological polar surface area (TPSA) is 69.3 Å². The Hall–Kier alpha value is -0.473. The van der Waals surface area contributed by atoms with E-state index in [0.29, 0.717) is 6.61 Å². The highest BCUT2D eigenvalue weighted by molar-refractivity contribution is 6.74. The summed E-state index contributed by atoms with van der Waals surface area (Å²) in [5.41, 5.74) is 0. The molecular formula is C15H29NO5Si. The van der Waals surface area contributed by atoms with E-state index in [2.05, 4.69) is 39.2 Å². The van der Waals surface area contributed by atoms with Crippen LogP contribution in [0.4, 0.5) is 0 Å². The number of carbonyl (C=O) groups excluding carboxylic acids is 1. The zero-order valence-corrected chi connectivity index (χ0v) is 15.6. The van der Waals surface area contributed by atoms with Crippen LogP contribution in [0.2, 0.25) is 18.1 Å². The minimum Gasteiger partial charge on any atom is -0.414 e. The van der Waals surface area contributed by atoms with Gasteiger partial charge in [-0.1, -0.05) is 20.8 Å². The summed E-state index contributed by atoms with van der Waals surface area (Å²) in [5.74, 6) is -0.110. The van der Waals surface area contributed by atoms with Crippen molar-refractivity contribution in [3.8, 4) is 0 Å². The second-order valence-electron chi connectivity index (χ2n) is 7.64. The van der Waals surface area contributed by atoms with E-state index in [9.17, 15) is 4.79 Å². The van der Waals surface area contributed by atoms with Crippen LogP contribution in [0.15, 0.2) is 0 Å². The molecule has 2 fully saturated rings. The second-order valence-corrected chi connectivity index (χ2v) is 12.5. The highest BCUT2D eigenvalue weighted by atomic mass is 28.4. The zero-order chi connectivity index (χ0) is 16.7. The van der Waals surface area contributed by atoms with Gasteiger partial charge in [-0.3, -0.25) is 4.79 Å². The molecule has 0 bridgehead atoms. The van der Waals surface area contributed by atoms with Gasteiger partial charge in [-0.05, 0) is 18.1 Å². The molecule has 2 saturated heterocycles. The van der Waals surface area contributed by atoms with Crippen LogP contribution in [-0.2, 0) is 23.4 Å². The molecule has 1 amide bonds. The molecule has 0 aromatic carbocycles. The van der Waals surface area contributed by atoms with Crippen LogP contribution >= 0.6 is 0 Å². The van der Waals surface area contributed by atoms with Crippen molar-refractivity contribution in [2.24, 2.45) is 0 Å². The maximum absolute atomic E-state index is 11.3. The molecule has 2 aliphatic rings. The van der Waals surface area contributed by atoms with Gasteiger partial charge >= 0.3 is 0 Å². The number of hydrogen-bond acceptors (Lipinski definition) is 5. The van der Waals surface area contributed by atoms with Crippen molar-refractivity contribution >= 4 is 14.2 Å². The van der Waals surface area contributed by atoms with Gasteiger partial charge in [0.15, 0.2) is 14.6 Å². The molecule has 2 heterocycles. The van der Waals surface area contributed by atoms with E-state index >= 15 is 0 Å². The zero-order valence-electron chi connectivity index (χ0n) is 14.6. The summed E-state index contributed by atoms with van der Waals surface area (Å²) >= 11 is 0. The van der Waals surface area contributed by atoms with Gasteiger partial charge in [0.25, 0.3) is 0 Å². The van der Waals surface area contributed by atoms with Gasteiger partial charge in [-0.2, -0.15) is 0 Å². The molecule has 0 spiro atoms. The average Bonchev–Trinajstić information content (AvgIpc) is 3.16. The van der Waals surface area contributed by atoms with Crippen molar-refractivity contribution in [3.63, 3.8) is 0 Å². The first kappa shape index (κ1) is 17.9. The Morgan fingerprint density at radius 3 is 2.36 bits per heavy atom. The number of carbonyl (C=O) groups is 1. The molecule has 0 radical (unpaired) electrons. The molecular weight excluding hydrogens is 302 g/mol. The lowest BCUT2D eigenvalue weighted by Crippen LogP contribution is -2.56. The lowest BCUT2D eigenvalue weighted by molar-refractivity contribution is -0.192. The van der Waals surface area contributed by atoms with Gasteiger partial charge < -0.3 is 24.0 Å². The summed E-state index contributed by atoms with van der Waals surface area (Å²) in [5, 5.41) is 3.00. The molecule has 0 aliphatic carbocycles. The van der Waals surface area contributed by atoms with Gasteiger partial charge in [0.05, 0.1) is 6.61 Å². The molecule has 1 N–H and O–H groups in total. The van der Waals surface area contributed by atoms with E-state index in [1.54, 1.807) is 7.11 Å². The molecule has 7 heteroatoms. The Morgan fingerprint density at radius 1 is 1.23 bits per heavy atom. The fraction of sp³-hybridized carbons (Fsp3) is 0.933. The summed E-state index contributed by atoms with van der Waals surface area (Å²) in [6, 6.07) is -0.253. The van der Waals surface area contributed by atoms with Crippen LogP contribution in [0.1, 0.15) is 27.7 Å². The van der Waals surface area contributed by atoms with Crippen molar-refractivity contribution in [2.75, 3.05) is 13.7 Å². The molecule has 6 nitrogen and oxygen atoms in total. The van der Waals surface area contributed by atoms with Crippen molar-refractivity contribution in [1.29, 1.82) is 0 Å². The maximum Gasteiger partial charge on any atom is 0.217 e. The molecule has 0 aromatic heterocycles. The number of epoxide rings is 1. The quantitative estimate of drug-likeness (QED) is 0.613. The van der Waals surface area contributed by atoms with E-state index in [1.807, 2.05) is 0 Å². The Balaban J connectivity index is 1.95. The first-order chi connectivity index (χ1) is 10.1. The Labute approximate surface area is 134 Å². The fourth-order valence-corrected chi connectivity index (χ4v) is 3.46. The number of nitrogens with one attached hydrogen (secondary N) is 1. The monoisotopic (exact) mass is 331 g/mol. The minimum atomic E-state index is -1.82. The maximum atomic E-state index is 11.3. The number of methoxy groups -OCH3 is 1. The van der Waals surface area contributed by atoms with Crippen LogP contribution in [-0.4, -0.2) is 58.6 Å². The van der Waals surface area contributed by atoms with Crippen LogP contribution in [0, 0.1) is 0 Å². The molecule has 0 aromatic rings. The number of rotatable bonds is 5. The predicted octanol–water partition coefficient (Wildman–Crippen LogP) is 1.65. The van der Waals surface area contributed by atoms with Gasteiger partial charge in [0.1, 0.15) is 24.4 Å². The number of ether oxygens (including phenoxy) is 3. The van der Waals surface area contributed by atoms with Crippen LogP contribution < -0.4 is 5.32 Å². The van der Waals surface area contributed by atoms with E-state index in [0.717, 1.165) is 0 Å². The lowest BCUT2D eigenvalue weighted by atomic mass is 10.0. The van der Waals surface area contributed by atoms with E-state index in [-0.39, 0.29) is 35.3 Å². The molecule has 0 saturated carbocycles. The third-order valence-corrected chi connectivity index (χ3v) is 9.40. The van der Waals surface area contributed by atoms with Crippen LogP contribution in [0.5, 0.6) is 0 Å². The molecule has 22 heavy (non-hydrogen) atoms. The number of hydrogen-bond donors (Lipinski definition) is 1. The van der Waals surface area contributed by atoms with Gasteiger partial charge in [-0.25, -0.2) is 0 Å². The van der Waals surface area contributed by atoms with Gasteiger partial charge in [0.2, 0.25) is 5.91 Å². The highest BCUT2D eigenvalue weighted by Gasteiger charge is 2.58. The van der Waals surface area contributed by atoms with E-state index in [4.69, 9.17) is 18.6 Å². The second kappa shape index (κ2) is 6.20. The molecule has 2 rings (SSSR count). The third-order valence-electron chi connectivity index (χ3n) is 4.90. The standard InChI is InChI=1S/C15H29NO5Si/c1-9(17)16-11-13-12(21-13)10(20-14(11)18-5)8-19-22(6,7)15(2,3)4/h10-14H,8H2,1-7H3,(H,16,17)/t10-,11-,12+,13-,14-/m1/s1. The SMILES string of the molecule is CO[C@@H]1O[C@H](CO[Si](C)(C)C(C)(C)C)[C@@H]2O[C@@H]2[C@H]1NC(C)=O. The van der Waals surface area contributed by atoms with Gasteiger partial charge in [-0.15, -0.1) is 0 Å². The molecule has 128 valence electrons. The lowest BCUT2D eigenvalue weighted by Gasteiger charge is -2.38. The molecule has 0 unspecified atom stereocenters. The summed E-state index contributed by atoms with van der Waals surface area (Å²) < 4.78 is 23.2. The third kappa shape index (κ3) is 3.71. The smallest absolute Gasteiger partial charge is 0.217 e. The Kier molecular flexibility index (Phi) is 5.04. The van der Waals surface area contributed by atoms with Crippen LogP contribution in [0.25, 0.3) is 0 Å². The van der Waals surface area contributed by atoms with Crippen molar-refractivity contribution in [2.45, 2.75) is 76.5 Å². The van der Waals surface area contributed by atoms with Gasteiger partial charge in [0, 0.05) is 14.0 Å². The summed E-state index contributed by atoms with van der Waals surface area (Å²) in [6.07, 6.45) is -0.710. The van der Waals surface area contributed by atoms with E-state index in [1.165, 1.54) is 6.92 Å². The Bertz CT molecular complexity index is 423. The normalized spacial score (nSPS) is 35.0. The Morgan fingerprint density at radius 2 is 1.86 bits per heavy atom. The summed E-state index contributed by atoms with van der Waals surface area (Å²) in [4.78, 5) is 11.3. The first-order valence-electron chi connectivity index (χ1n) is 7.81. The summed E-state index contributed by atoms with van der Waals surface area (Å²) in [7, 11) is -0.244. The van der Waals surface area contributed by atoms with Crippen molar-refractivity contribution in [1.82, 2.24) is 5.32 Å². The highest BCUT2D eigenvalue weighted by Crippen LogP contribution is 2.40.